The number of benzene rings is 1. The van der Waals surface area contributed by atoms with Crippen molar-refractivity contribution in [1.29, 1.82) is 0 Å². The lowest BCUT2D eigenvalue weighted by Gasteiger charge is -2.12. The molecule has 1 aromatic carbocycles. The van der Waals surface area contributed by atoms with Crippen molar-refractivity contribution in [2.45, 2.75) is 24.8 Å². The fourth-order valence-electron chi connectivity index (χ4n) is 2.68. The van der Waals surface area contributed by atoms with Crippen LogP contribution in [-0.2, 0) is 16.6 Å². The van der Waals surface area contributed by atoms with Crippen LogP contribution in [0.15, 0.2) is 59.8 Å². The van der Waals surface area contributed by atoms with E-state index in [1.165, 1.54) is 0 Å². The van der Waals surface area contributed by atoms with Crippen LogP contribution < -0.4 is 9.46 Å². The first-order valence-corrected chi connectivity index (χ1v) is 9.71. The summed E-state index contributed by atoms with van der Waals surface area (Å²) in [4.78, 5) is 4.53. The molecule has 7 heteroatoms. The van der Waals surface area contributed by atoms with E-state index < -0.39 is 10.0 Å². The van der Waals surface area contributed by atoms with E-state index in [4.69, 9.17) is 4.74 Å². The third-order valence-electron chi connectivity index (χ3n) is 3.83. The molecule has 0 amide bonds. The van der Waals surface area contributed by atoms with Crippen LogP contribution in [0.1, 0.15) is 13.3 Å². The average Bonchev–Trinajstić information content (AvgIpc) is 3.03. The van der Waals surface area contributed by atoms with E-state index in [1.807, 2.05) is 35.9 Å². The molecule has 0 aliphatic heterocycles. The SMILES string of the molecule is CCOc1ccccc1S(=O)(=O)NCCCn1ccc2cccnc21. The van der Waals surface area contributed by atoms with Crippen LogP contribution in [0, 0.1) is 0 Å². The minimum absolute atomic E-state index is 0.171. The van der Waals surface area contributed by atoms with E-state index in [0.717, 1.165) is 11.0 Å². The lowest BCUT2D eigenvalue weighted by molar-refractivity contribution is 0.331. The minimum Gasteiger partial charge on any atom is -0.492 e. The smallest absolute Gasteiger partial charge is 0.244 e. The van der Waals surface area contributed by atoms with E-state index in [1.54, 1.807) is 30.5 Å². The summed E-state index contributed by atoms with van der Waals surface area (Å²) in [6.07, 6.45) is 4.39. The largest absolute Gasteiger partial charge is 0.492 e. The summed E-state index contributed by atoms with van der Waals surface area (Å²) in [5.41, 5.74) is 0.909. The maximum atomic E-state index is 12.5. The molecule has 0 aliphatic carbocycles. The lowest BCUT2D eigenvalue weighted by atomic mass is 10.3. The van der Waals surface area contributed by atoms with Gasteiger partial charge in [0.1, 0.15) is 16.3 Å². The van der Waals surface area contributed by atoms with Gasteiger partial charge in [0.05, 0.1) is 6.61 Å². The molecule has 0 radical (unpaired) electrons. The maximum Gasteiger partial charge on any atom is 0.244 e. The Kier molecular flexibility index (Phi) is 5.35. The van der Waals surface area contributed by atoms with Crippen molar-refractivity contribution in [2.75, 3.05) is 13.2 Å². The van der Waals surface area contributed by atoms with Crippen LogP contribution in [0.25, 0.3) is 11.0 Å². The van der Waals surface area contributed by atoms with Crippen molar-refractivity contribution < 1.29 is 13.2 Å². The summed E-state index contributed by atoms with van der Waals surface area (Å²) >= 11 is 0. The second kappa shape index (κ2) is 7.67. The third-order valence-corrected chi connectivity index (χ3v) is 5.33. The number of aromatic nitrogens is 2. The highest BCUT2D eigenvalue weighted by Gasteiger charge is 2.18. The van der Waals surface area contributed by atoms with Crippen LogP contribution in [-0.4, -0.2) is 31.1 Å². The fraction of sp³-hybridized carbons (Fsp3) is 0.278. The molecule has 25 heavy (non-hydrogen) atoms. The highest BCUT2D eigenvalue weighted by Crippen LogP contribution is 2.23. The minimum atomic E-state index is -3.60. The Hall–Kier alpha value is -2.38. The molecule has 3 aromatic rings. The van der Waals surface area contributed by atoms with Crippen molar-refractivity contribution in [3.05, 3.63) is 54.9 Å². The number of hydrogen-bond donors (Lipinski definition) is 1. The molecule has 0 unspecified atom stereocenters. The van der Waals surface area contributed by atoms with Gasteiger partial charge in [-0.25, -0.2) is 18.1 Å². The van der Waals surface area contributed by atoms with Crippen molar-refractivity contribution in [3.8, 4) is 5.75 Å². The highest BCUT2D eigenvalue weighted by atomic mass is 32.2. The number of fused-ring (bicyclic) bond motifs is 1. The third kappa shape index (κ3) is 4.00. The molecule has 1 N–H and O–H groups in total. The normalized spacial score (nSPS) is 11.7. The summed E-state index contributed by atoms with van der Waals surface area (Å²) in [5, 5.41) is 1.08. The molecule has 0 atom stereocenters. The van der Waals surface area contributed by atoms with Crippen molar-refractivity contribution >= 4 is 21.1 Å². The summed E-state index contributed by atoms with van der Waals surface area (Å²) in [6, 6.07) is 12.6. The second-order valence-electron chi connectivity index (χ2n) is 5.56. The number of pyridine rings is 1. The summed E-state index contributed by atoms with van der Waals surface area (Å²) in [7, 11) is -3.60. The molecule has 0 aliphatic rings. The van der Waals surface area contributed by atoms with Gasteiger partial charge in [0.15, 0.2) is 0 Å². The molecular weight excluding hydrogens is 338 g/mol. The topological polar surface area (TPSA) is 73.2 Å². The molecule has 0 saturated heterocycles. The van der Waals surface area contributed by atoms with Gasteiger partial charge in [-0.1, -0.05) is 12.1 Å². The second-order valence-corrected chi connectivity index (χ2v) is 7.29. The molecule has 0 saturated carbocycles. The maximum absolute atomic E-state index is 12.5. The Morgan fingerprint density at radius 1 is 1.16 bits per heavy atom. The Balaban J connectivity index is 1.61. The monoisotopic (exact) mass is 359 g/mol. The zero-order chi connectivity index (χ0) is 17.7. The van der Waals surface area contributed by atoms with Gasteiger partial charge in [-0.3, -0.25) is 0 Å². The average molecular weight is 359 g/mol. The molecule has 2 aromatic heterocycles. The number of nitrogens with zero attached hydrogens (tertiary/aromatic N) is 2. The molecule has 2 heterocycles. The highest BCUT2D eigenvalue weighted by molar-refractivity contribution is 7.89. The van der Waals surface area contributed by atoms with Crippen LogP contribution in [0.3, 0.4) is 0 Å². The number of ether oxygens (including phenoxy) is 1. The van der Waals surface area contributed by atoms with E-state index in [0.29, 0.717) is 31.9 Å². The van der Waals surface area contributed by atoms with Gasteiger partial charge in [-0.2, -0.15) is 0 Å². The predicted molar refractivity (Wildman–Crippen MR) is 97.1 cm³/mol. The number of hydrogen-bond acceptors (Lipinski definition) is 4. The molecule has 6 nitrogen and oxygen atoms in total. The Bertz CT molecular complexity index is 951. The number of sulfonamides is 1. The Morgan fingerprint density at radius 2 is 2.00 bits per heavy atom. The quantitative estimate of drug-likeness (QED) is 0.628. The number of nitrogens with one attached hydrogen (secondary N) is 1. The molecule has 0 spiro atoms. The van der Waals surface area contributed by atoms with Crippen molar-refractivity contribution in [3.63, 3.8) is 0 Å². The Morgan fingerprint density at radius 3 is 2.84 bits per heavy atom. The van der Waals surface area contributed by atoms with Crippen LogP contribution in [0.5, 0.6) is 5.75 Å². The van der Waals surface area contributed by atoms with Crippen LogP contribution in [0.2, 0.25) is 0 Å². The first kappa shape index (κ1) is 17.4. The molecule has 132 valence electrons. The van der Waals surface area contributed by atoms with Gasteiger partial charge in [-0.15, -0.1) is 0 Å². The predicted octanol–water partition coefficient (Wildman–Crippen LogP) is 2.80. The first-order valence-electron chi connectivity index (χ1n) is 8.23. The van der Waals surface area contributed by atoms with Gasteiger partial charge in [-0.05, 0) is 43.7 Å². The standard InChI is InChI=1S/C18H21N3O3S/c1-2-24-16-8-3-4-9-17(16)25(22,23)20-12-6-13-21-14-10-15-7-5-11-19-18(15)21/h3-5,7-11,14,20H,2,6,12-13H2,1H3. The van der Waals surface area contributed by atoms with Gasteiger partial charge >= 0.3 is 0 Å². The first-order chi connectivity index (χ1) is 12.1. The van der Waals surface area contributed by atoms with Crippen LogP contribution in [0.4, 0.5) is 0 Å². The summed E-state index contributed by atoms with van der Waals surface area (Å²) in [5.74, 6) is 0.373. The van der Waals surface area contributed by atoms with Gasteiger partial charge < -0.3 is 9.30 Å². The summed E-state index contributed by atoms with van der Waals surface area (Å²) < 4.78 is 35.1. The van der Waals surface area contributed by atoms with Crippen LogP contribution >= 0.6 is 0 Å². The van der Waals surface area contributed by atoms with E-state index in [-0.39, 0.29) is 4.90 Å². The number of aryl methyl sites for hydroxylation is 1. The number of rotatable bonds is 8. The summed E-state index contributed by atoms with van der Waals surface area (Å²) in [6.45, 7) is 3.28. The molecular formula is C18H21N3O3S. The van der Waals surface area contributed by atoms with E-state index in [2.05, 4.69) is 9.71 Å². The van der Waals surface area contributed by atoms with Gasteiger partial charge in [0.2, 0.25) is 10.0 Å². The molecule has 0 fully saturated rings. The van der Waals surface area contributed by atoms with E-state index in [9.17, 15) is 8.42 Å². The lowest BCUT2D eigenvalue weighted by Crippen LogP contribution is -2.26. The fourth-order valence-corrected chi connectivity index (χ4v) is 3.90. The zero-order valence-electron chi connectivity index (χ0n) is 14.1. The van der Waals surface area contributed by atoms with Crippen molar-refractivity contribution in [2.24, 2.45) is 0 Å². The van der Waals surface area contributed by atoms with Gasteiger partial charge in [0, 0.05) is 30.9 Å². The van der Waals surface area contributed by atoms with Crippen molar-refractivity contribution in [1.82, 2.24) is 14.3 Å². The molecule has 0 bridgehead atoms. The van der Waals surface area contributed by atoms with E-state index >= 15 is 0 Å². The molecule has 3 rings (SSSR count). The van der Waals surface area contributed by atoms with Gasteiger partial charge in [0.25, 0.3) is 0 Å². The Labute approximate surface area is 147 Å². The zero-order valence-corrected chi connectivity index (χ0v) is 14.9. The number of para-hydroxylation sites is 1.